The molecule has 98 valence electrons. The van der Waals surface area contributed by atoms with E-state index in [0.29, 0.717) is 22.8 Å². The summed E-state index contributed by atoms with van der Waals surface area (Å²) >= 11 is 0. The molecule has 0 aliphatic carbocycles. The largest absolute Gasteiger partial charge is 0.497 e. The van der Waals surface area contributed by atoms with Crippen LogP contribution in [0.25, 0.3) is 0 Å². The van der Waals surface area contributed by atoms with Gasteiger partial charge in [-0.05, 0) is 24.3 Å². The summed E-state index contributed by atoms with van der Waals surface area (Å²) in [5.74, 6) is 1.43. The number of anilines is 1. The highest BCUT2D eigenvalue weighted by Gasteiger charge is 2.00. The predicted octanol–water partition coefficient (Wildman–Crippen LogP) is 3.70. The first-order chi connectivity index (χ1) is 9.22. The molecule has 0 heterocycles. The minimum atomic E-state index is 0.519. The number of azo groups is 1. The number of hydrogen-bond acceptors (Lipinski definition) is 5. The molecule has 0 aliphatic heterocycles. The molecule has 2 N–H and O–H groups in total. The maximum absolute atomic E-state index is 5.86. The molecule has 2 rings (SSSR count). The number of benzene rings is 2. The summed E-state index contributed by atoms with van der Waals surface area (Å²) in [6.07, 6.45) is 0. The van der Waals surface area contributed by atoms with Crippen LogP contribution in [-0.2, 0) is 0 Å². The molecule has 0 bridgehead atoms. The zero-order valence-corrected chi connectivity index (χ0v) is 10.8. The van der Waals surface area contributed by atoms with Crippen LogP contribution < -0.4 is 15.2 Å². The lowest BCUT2D eigenvalue weighted by atomic mass is 10.2. The SMILES string of the molecule is COc1cccc(N=Nc2ccc(OC)cc2N)c1. The standard InChI is InChI=1S/C14H15N3O2/c1-18-11-5-3-4-10(8-11)16-17-14-7-6-12(19-2)9-13(14)15/h3-9H,15H2,1-2H3. The average Bonchev–Trinajstić information content (AvgIpc) is 2.46. The Bertz CT molecular complexity index is 597. The van der Waals surface area contributed by atoms with E-state index >= 15 is 0 Å². The van der Waals surface area contributed by atoms with E-state index in [-0.39, 0.29) is 0 Å². The molecule has 0 aromatic heterocycles. The molecule has 0 saturated heterocycles. The second-order valence-corrected chi connectivity index (χ2v) is 3.83. The molecule has 0 unspecified atom stereocenters. The number of nitrogens with two attached hydrogens (primary N) is 1. The maximum Gasteiger partial charge on any atom is 0.121 e. The van der Waals surface area contributed by atoms with Gasteiger partial charge < -0.3 is 15.2 Å². The lowest BCUT2D eigenvalue weighted by Crippen LogP contribution is -1.88. The molecular formula is C14H15N3O2. The van der Waals surface area contributed by atoms with Crippen LogP contribution in [-0.4, -0.2) is 14.2 Å². The highest BCUT2D eigenvalue weighted by atomic mass is 16.5. The summed E-state index contributed by atoms with van der Waals surface area (Å²) < 4.78 is 10.2. The molecule has 0 fully saturated rings. The number of hydrogen-bond donors (Lipinski definition) is 1. The van der Waals surface area contributed by atoms with Gasteiger partial charge in [0.2, 0.25) is 0 Å². The lowest BCUT2D eigenvalue weighted by Gasteiger charge is -2.03. The topological polar surface area (TPSA) is 69.2 Å². The second kappa shape index (κ2) is 5.86. The van der Waals surface area contributed by atoms with Crippen molar-refractivity contribution in [2.24, 2.45) is 10.2 Å². The first-order valence-corrected chi connectivity index (χ1v) is 5.72. The Morgan fingerprint density at radius 2 is 1.63 bits per heavy atom. The quantitative estimate of drug-likeness (QED) is 0.670. The Balaban J connectivity index is 2.22. The molecular weight excluding hydrogens is 242 g/mol. The molecule has 0 atom stereocenters. The maximum atomic E-state index is 5.86. The van der Waals surface area contributed by atoms with Crippen molar-refractivity contribution >= 4 is 17.1 Å². The van der Waals surface area contributed by atoms with Crippen LogP contribution in [0.15, 0.2) is 52.7 Å². The number of ether oxygens (including phenoxy) is 2. The van der Waals surface area contributed by atoms with Crippen molar-refractivity contribution in [2.75, 3.05) is 20.0 Å². The van der Waals surface area contributed by atoms with Gasteiger partial charge in [-0.3, -0.25) is 0 Å². The van der Waals surface area contributed by atoms with Crippen LogP contribution in [0.5, 0.6) is 11.5 Å². The van der Waals surface area contributed by atoms with E-state index in [2.05, 4.69) is 10.2 Å². The van der Waals surface area contributed by atoms with E-state index in [9.17, 15) is 0 Å². The Kier molecular flexibility index (Phi) is 3.97. The van der Waals surface area contributed by atoms with Gasteiger partial charge in [-0.25, -0.2) is 0 Å². The molecule has 19 heavy (non-hydrogen) atoms. The highest BCUT2D eigenvalue weighted by Crippen LogP contribution is 2.29. The number of rotatable bonds is 4. The van der Waals surface area contributed by atoms with Crippen molar-refractivity contribution in [3.8, 4) is 11.5 Å². The van der Waals surface area contributed by atoms with Gasteiger partial charge in [-0.15, -0.1) is 5.11 Å². The smallest absolute Gasteiger partial charge is 0.121 e. The van der Waals surface area contributed by atoms with Gasteiger partial charge in [0.05, 0.1) is 25.6 Å². The monoisotopic (exact) mass is 257 g/mol. The Hall–Kier alpha value is -2.56. The van der Waals surface area contributed by atoms with E-state index in [1.165, 1.54) is 0 Å². The van der Waals surface area contributed by atoms with Gasteiger partial charge in [0.1, 0.15) is 17.2 Å². The third kappa shape index (κ3) is 3.22. The van der Waals surface area contributed by atoms with Crippen molar-refractivity contribution in [2.45, 2.75) is 0 Å². The fraction of sp³-hybridized carbons (Fsp3) is 0.143. The van der Waals surface area contributed by atoms with E-state index in [1.54, 1.807) is 38.5 Å². The Morgan fingerprint density at radius 1 is 0.895 bits per heavy atom. The fourth-order valence-corrected chi connectivity index (χ4v) is 1.53. The van der Waals surface area contributed by atoms with E-state index in [0.717, 1.165) is 5.75 Å². The Labute approximate surface area is 111 Å². The molecule has 0 amide bonds. The van der Waals surface area contributed by atoms with Gasteiger partial charge >= 0.3 is 0 Å². The van der Waals surface area contributed by atoms with Crippen LogP contribution in [0.2, 0.25) is 0 Å². The van der Waals surface area contributed by atoms with E-state index in [4.69, 9.17) is 15.2 Å². The summed E-state index contributed by atoms with van der Waals surface area (Å²) in [4.78, 5) is 0. The van der Waals surface area contributed by atoms with Crippen molar-refractivity contribution in [3.63, 3.8) is 0 Å². The van der Waals surface area contributed by atoms with Gasteiger partial charge in [0, 0.05) is 12.1 Å². The summed E-state index contributed by atoms with van der Waals surface area (Å²) in [7, 11) is 3.20. The first-order valence-electron chi connectivity index (χ1n) is 5.72. The molecule has 5 heteroatoms. The summed E-state index contributed by atoms with van der Waals surface area (Å²) in [6.45, 7) is 0. The zero-order chi connectivity index (χ0) is 13.7. The molecule has 0 radical (unpaired) electrons. The van der Waals surface area contributed by atoms with Crippen molar-refractivity contribution < 1.29 is 9.47 Å². The van der Waals surface area contributed by atoms with Crippen LogP contribution in [0.1, 0.15) is 0 Å². The normalized spacial score (nSPS) is 10.6. The summed E-state index contributed by atoms with van der Waals surface area (Å²) in [5.41, 5.74) is 7.68. The van der Waals surface area contributed by atoms with Crippen LogP contribution >= 0.6 is 0 Å². The minimum absolute atomic E-state index is 0.519. The lowest BCUT2D eigenvalue weighted by molar-refractivity contribution is 0.415. The predicted molar refractivity (Wildman–Crippen MR) is 74.6 cm³/mol. The molecule has 5 nitrogen and oxygen atoms in total. The first kappa shape index (κ1) is 12.9. The third-order valence-corrected chi connectivity index (χ3v) is 2.56. The molecule has 2 aromatic rings. The highest BCUT2D eigenvalue weighted by molar-refractivity contribution is 5.64. The molecule has 0 aliphatic rings. The third-order valence-electron chi connectivity index (χ3n) is 2.56. The van der Waals surface area contributed by atoms with Crippen molar-refractivity contribution in [1.29, 1.82) is 0 Å². The fourth-order valence-electron chi connectivity index (χ4n) is 1.53. The van der Waals surface area contributed by atoms with E-state index < -0.39 is 0 Å². The average molecular weight is 257 g/mol. The summed E-state index contributed by atoms with van der Waals surface area (Å²) in [5, 5.41) is 8.24. The second-order valence-electron chi connectivity index (χ2n) is 3.83. The summed E-state index contributed by atoms with van der Waals surface area (Å²) in [6, 6.07) is 12.6. The van der Waals surface area contributed by atoms with Crippen molar-refractivity contribution in [3.05, 3.63) is 42.5 Å². The molecule has 0 spiro atoms. The van der Waals surface area contributed by atoms with Crippen LogP contribution in [0, 0.1) is 0 Å². The Morgan fingerprint density at radius 3 is 2.32 bits per heavy atom. The van der Waals surface area contributed by atoms with E-state index in [1.807, 2.05) is 18.2 Å². The van der Waals surface area contributed by atoms with Crippen LogP contribution in [0.4, 0.5) is 17.1 Å². The number of nitrogen functional groups attached to an aromatic ring is 1. The van der Waals surface area contributed by atoms with Gasteiger partial charge in [-0.2, -0.15) is 5.11 Å². The molecule has 2 aromatic carbocycles. The van der Waals surface area contributed by atoms with Crippen LogP contribution in [0.3, 0.4) is 0 Å². The van der Waals surface area contributed by atoms with Gasteiger partial charge in [0.25, 0.3) is 0 Å². The van der Waals surface area contributed by atoms with Gasteiger partial charge in [0.15, 0.2) is 0 Å². The zero-order valence-electron chi connectivity index (χ0n) is 10.8. The number of nitrogens with zero attached hydrogens (tertiary/aromatic N) is 2. The van der Waals surface area contributed by atoms with Gasteiger partial charge in [-0.1, -0.05) is 6.07 Å². The number of methoxy groups -OCH3 is 2. The van der Waals surface area contributed by atoms with Crippen molar-refractivity contribution in [1.82, 2.24) is 0 Å². The molecule has 0 saturated carbocycles. The minimum Gasteiger partial charge on any atom is -0.497 e.